The number of hydrogen-bond acceptors (Lipinski definition) is 14. The Labute approximate surface area is 194 Å². The fourth-order valence-corrected chi connectivity index (χ4v) is 3.52. The summed E-state index contributed by atoms with van der Waals surface area (Å²) >= 11 is 0. The third-order valence-electron chi connectivity index (χ3n) is 4.62. The molecule has 0 bridgehead atoms. The average molecular weight is 492 g/mol. The summed E-state index contributed by atoms with van der Waals surface area (Å²) in [6.45, 7) is 4.88. The summed E-state index contributed by atoms with van der Waals surface area (Å²) in [6, 6.07) is 0. The van der Waals surface area contributed by atoms with Crippen LogP contribution in [0.3, 0.4) is 0 Å². The van der Waals surface area contributed by atoms with E-state index < -0.39 is 79.1 Å². The summed E-state index contributed by atoms with van der Waals surface area (Å²) in [4.78, 5) is 58.1. The smallest absolute Gasteiger partial charge is 0.303 e. The lowest BCUT2D eigenvalue weighted by molar-refractivity contribution is -0.327. The molecule has 0 saturated carbocycles. The van der Waals surface area contributed by atoms with Gasteiger partial charge in [0.25, 0.3) is 0 Å². The maximum absolute atomic E-state index is 11.8. The van der Waals surface area contributed by atoms with Crippen LogP contribution in [0.25, 0.3) is 0 Å². The highest BCUT2D eigenvalue weighted by Crippen LogP contribution is 2.30. The van der Waals surface area contributed by atoms with Gasteiger partial charge in [0.2, 0.25) is 0 Å². The normalized spacial score (nSPS) is 33.2. The standard InChI is InChI=1S/C20H28O14/c1-8(21)29-13-7-28-20(18(33-12(5)25)16(13)31-10(3)23)34-14-6-27-19(26)17(32-11(4)24)15(14)30-9(2)22/h13-20,26H,6-7H2,1-5H3/t13-,14-,15+,16+,17-,18-,19-,20+/m1/s1. The van der Waals surface area contributed by atoms with Crippen LogP contribution in [0.2, 0.25) is 0 Å². The van der Waals surface area contributed by atoms with E-state index in [2.05, 4.69) is 0 Å². The van der Waals surface area contributed by atoms with E-state index in [1.54, 1.807) is 0 Å². The molecule has 2 aliphatic rings. The third kappa shape index (κ3) is 7.62. The summed E-state index contributed by atoms with van der Waals surface area (Å²) in [6.07, 6.45) is -10.8. The van der Waals surface area contributed by atoms with E-state index in [9.17, 15) is 29.1 Å². The Morgan fingerprint density at radius 3 is 1.50 bits per heavy atom. The van der Waals surface area contributed by atoms with E-state index in [-0.39, 0.29) is 13.2 Å². The molecule has 34 heavy (non-hydrogen) atoms. The number of carbonyl (C=O) groups excluding carboxylic acids is 5. The van der Waals surface area contributed by atoms with Gasteiger partial charge in [0.05, 0.1) is 13.2 Å². The van der Waals surface area contributed by atoms with Gasteiger partial charge >= 0.3 is 29.8 Å². The predicted octanol–water partition coefficient (Wildman–Crippen LogP) is -1.26. The van der Waals surface area contributed by atoms with Crippen molar-refractivity contribution < 1.29 is 67.0 Å². The van der Waals surface area contributed by atoms with E-state index in [0.717, 1.165) is 34.6 Å². The predicted molar refractivity (Wildman–Crippen MR) is 104 cm³/mol. The topological polar surface area (TPSA) is 179 Å². The van der Waals surface area contributed by atoms with Crippen molar-refractivity contribution in [3.05, 3.63) is 0 Å². The molecule has 0 spiro atoms. The molecule has 0 aromatic carbocycles. The molecule has 14 heteroatoms. The number of carbonyl (C=O) groups is 5. The van der Waals surface area contributed by atoms with Crippen molar-refractivity contribution in [3.63, 3.8) is 0 Å². The summed E-state index contributed by atoms with van der Waals surface area (Å²) in [5.41, 5.74) is 0. The largest absolute Gasteiger partial charge is 0.456 e. The van der Waals surface area contributed by atoms with Crippen LogP contribution in [0.5, 0.6) is 0 Å². The highest BCUT2D eigenvalue weighted by atomic mass is 16.7. The van der Waals surface area contributed by atoms with Gasteiger partial charge in [0.15, 0.2) is 43.1 Å². The minimum atomic E-state index is -1.62. The molecule has 2 saturated heterocycles. The maximum atomic E-state index is 11.8. The minimum Gasteiger partial charge on any atom is -0.456 e. The number of ether oxygens (including phenoxy) is 8. The number of rotatable bonds is 7. The lowest BCUT2D eigenvalue weighted by Crippen LogP contribution is -2.62. The monoisotopic (exact) mass is 492 g/mol. The van der Waals surface area contributed by atoms with Crippen LogP contribution in [-0.4, -0.2) is 97.4 Å². The van der Waals surface area contributed by atoms with Gasteiger partial charge in [0.1, 0.15) is 6.10 Å². The first-order valence-electron chi connectivity index (χ1n) is 10.3. The van der Waals surface area contributed by atoms with Crippen LogP contribution in [0, 0.1) is 0 Å². The van der Waals surface area contributed by atoms with Gasteiger partial charge in [-0.3, -0.25) is 24.0 Å². The van der Waals surface area contributed by atoms with Crippen LogP contribution < -0.4 is 0 Å². The van der Waals surface area contributed by atoms with Gasteiger partial charge in [-0.2, -0.15) is 0 Å². The minimum absolute atomic E-state index is 0.304. The first-order chi connectivity index (χ1) is 15.9. The van der Waals surface area contributed by atoms with Crippen molar-refractivity contribution in [2.24, 2.45) is 0 Å². The highest BCUT2D eigenvalue weighted by Gasteiger charge is 2.51. The van der Waals surface area contributed by atoms with Gasteiger partial charge in [0, 0.05) is 34.6 Å². The molecule has 0 aromatic rings. The van der Waals surface area contributed by atoms with Crippen LogP contribution >= 0.6 is 0 Å². The zero-order valence-electron chi connectivity index (χ0n) is 19.3. The molecule has 0 amide bonds. The van der Waals surface area contributed by atoms with Gasteiger partial charge < -0.3 is 43.0 Å². The van der Waals surface area contributed by atoms with Gasteiger partial charge in [-0.15, -0.1) is 0 Å². The van der Waals surface area contributed by atoms with Crippen molar-refractivity contribution in [1.29, 1.82) is 0 Å². The number of aliphatic hydroxyl groups excluding tert-OH is 1. The molecule has 0 unspecified atom stereocenters. The molecule has 192 valence electrons. The molecule has 0 radical (unpaired) electrons. The second-order valence-electron chi connectivity index (χ2n) is 7.54. The molecule has 8 atom stereocenters. The van der Waals surface area contributed by atoms with Crippen molar-refractivity contribution in [1.82, 2.24) is 0 Å². The molecule has 1 N–H and O–H groups in total. The van der Waals surface area contributed by atoms with Crippen LogP contribution in [-0.2, 0) is 61.9 Å². The second-order valence-corrected chi connectivity index (χ2v) is 7.54. The SMILES string of the molecule is CC(=O)O[C@@H]1[C@@H](OC(C)=O)[C@H](O[C@@H]2OC[C@@H](OC(C)=O)[C@H](OC(C)=O)[C@H]2OC(C)=O)CO[C@H]1O. The summed E-state index contributed by atoms with van der Waals surface area (Å²) < 4.78 is 42.5. The molecule has 0 aromatic heterocycles. The second kappa shape index (κ2) is 12.1. The molecule has 2 heterocycles. The summed E-state index contributed by atoms with van der Waals surface area (Å²) in [7, 11) is 0. The van der Waals surface area contributed by atoms with E-state index in [0.29, 0.717) is 0 Å². The third-order valence-corrected chi connectivity index (χ3v) is 4.62. The Morgan fingerprint density at radius 2 is 1.00 bits per heavy atom. The first kappa shape index (κ1) is 27.4. The Kier molecular flexibility index (Phi) is 9.73. The van der Waals surface area contributed by atoms with E-state index in [4.69, 9.17) is 37.9 Å². The van der Waals surface area contributed by atoms with Crippen molar-refractivity contribution in [2.75, 3.05) is 13.2 Å². The van der Waals surface area contributed by atoms with Crippen LogP contribution in [0.4, 0.5) is 0 Å². The molecule has 2 aliphatic heterocycles. The quantitative estimate of drug-likeness (QED) is 0.328. The lowest BCUT2D eigenvalue weighted by atomic mass is 10.0. The fraction of sp³-hybridized carbons (Fsp3) is 0.750. The van der Waals surface area contributed by atoms with Gasteiger partial charge in [-0.05, 0) is 0 Å². The average Bonchev–Trinajstić information content (AvgIpc) is 2.69. The summed E-state index contributed by atoms with van der Waals surface area (Å²) in [5.74, 6) is -3.78. The molecule has 14 nitrogen and oxygen atoms in total. The Hall–Kier alpha value is -2.81. The fourth-order valence-electron chi connectivity index (χ4n) is 3.52. The first-order valence-corrected chi connectivity index (χ1v) is 10.3. The summed E-state index contributed by atoms with van der Waals surface area (Å²) in [5, 5.41) is 10.1. The Balaban J connectivity index is 2.33. The number of aliphatic hydroxyl groups is 1. The molecular formula is C20H28O14. The van der Waals surface area contributed by atoms with Crippen molar-refractivity contribution in [3.8, 4) is 0 Å². The van der Waals surface area contributed by atoms with E-state index in [1.807, 2.05) is 0 Å². The Morgan fingerprint density at radius 1 is 0.588 bits per heavy atom. The van der Waals surface area contributed by atoms with E-state index in [1.165, 1.54) is 0 Å². The maximum Gasteiger partial charge on any atom is 0.303 e. The zero-order chi connectivity index (χ0) is 25.6. The lowest BCUT2D eigenvalue weighted by Gasteiger charge is -2.44. The molecule has 2 rings (SSSR count). The van der Waals surface area contributed by atoms with Crippen LogP contribution in [0.1, 0.15) is 34.6 Å². The van der Waals surface area contributed by atoms with Crippen molar-refractivity contribution in [2.45, 2.75) is 83.8 Å². The number of esters is 5. The van der Waals surface area contributed by atoms with Crippen molar-refractivity contribution >= 4 is 29.8 Å². The molecular weight excluding hydrogens is 464 g/mol. The van der Waals surface area contributed by atoms with E-state index >= 15 is 0 Å². The van der Waals surface area contributed by atoms with Gasteiger partial charge in [-0.25, -0.2) is 0 Å². The molecule has 2 fully saturated rings. The highest BCUT2D eigenvalue weighted by molar-refractivity contribution is 5.68. The Bertz CT molecular complexity index is 781. The zero-order valence-corrected chi connectivity index (χ0v) is 19.3. The van der Waals surface area contributed by atoms with Crippen LogP contribution in [0.15, 0.2) is 0 Å². The number of hydrogen-bond donors (Lipinski definition) is 1. The molecule has 0 aliphatic carbocycles. The van der Waals surface area contributed by atoms with Gasteiger partial charge in [-0.1, -0.05) is 0 Å².